The third-order valence-electron chi connectivity index (χ3n) is 11.8. The zero-order chi connectivity index (χ0) is 43.9. The second kappa shape index (κ2) is 16.7. The zero-order valence-electron chi connectivity index (χ0n) is 34.3. The highest BCUT2D eigenvalue weighted by atomic mass is 16.7. The van der Waals surface area contributed by atoms with Crippen LogP contribution in [0.5, 0.6) is 11.5 Å². The van der Waals surface area contributed by atoms with Gasteiger partial charge < -0.3 is 24.6 Å². The number of hydrogen-bond donors (Lipinski definition) is 2. The van der Waals surface area contributed by atoms with Crippen LogP contribution in [0.4, 0.5) is 11.4 Å². The summed E-state index contributed by atoms with van der Waals surface area (Å²) in [6.45, 7) is 1.79. The van der Waals surface area contributed by atoms with Crippen LogP contribution in [0.15, 0.2) is 152 Å². The van der Waals surface area contributed by atoms with Crippen molar-refractivity contribution in [2.75, 3.05) is 36.0 Å². The quantitative estimate of drug-likeness (QED) is 0.119. The molecule has 14 heteroatoms. The first kappa shape index (κ1) is 40.0. The first-order valence-corrected chi connectivity index (χ1v) is 20.7. The van der Waals surface area contributed by atoms with Crippen molar-refractivity contribution in [2.45, 2.75) is 19.2 Å². The highest BCUT2D eigenvalue weighted by molar-refractivity contribution is 6.21. The van der Waals surface area contributed by atoms with E-state index in [9.17, 15) is 29.4 Å². The average Bonchev–Trinajstić information content (AvgIpc) is 3.92. The molecule has 1 fully saturated rings. The van der Waals surface area contributed by atoms with Crippen molar-refractivity contribution in [2.24, 2.45) is 0 Å². The molecule has 4 heterocycles. The average molecular weight is 853 g/mol. The number of aromatic nitrogens is 2. The monoisotopic (exact) mass is 852 g/mol. The lowest BCUT2D eigenvalue weighted by atomic mass is 10.0. The number of amides is 4. The fourth-order valence-corrected chi connectivity index (χ4v) is 8.64. The molecule has 3 aliphatic rings. The second-order valence-corrected chi connectivity index (χ2v) is 15.8. The van der Waals surface area contributed by atoms with Crippen molar-refractivity contribution >= 4 is 35.0 Å². The molecule has 0 radical (unpaired) electrons. The first-order valence-electron chi connectivity index (χ1n) is 20.7. The lowest BCUT2D eigenvalue weighted by molar-refractivity contribution is -0.102. The molecule has 0 saturated carbocycles. The Hall–Kier alpha value is -8.07. The summed E-state index contributed by atoms with van der Waals surface area (Å²) in [6, 6.07) is 42.8. The van der Waals surface area contributed by atoms with Crippen molar-refractivity contribution < 1.29 is 39.1 Å². The smallest absolute Gasteiger partial charge is 0.285 e. The molecule has 14 nitrogen and oxygen atoms in total. The van der Waals surface area contributed by atoms with Gasteiger partial charge in [-0.25, -0.2) is 4.98 Å². The molecule has 1 atom stereocenters. The van der Waals surface area contributed by atoms with Gasteiger partial charge in [0.05, 0.1) is 52.6 Å². The Morgan fingerprint density at radius 1 is 0.562 bits per heavy atom. The van der Waals surface area contributed by atoms with E-state index < -0.39 is 23.6 Å². The minimum atomic E-state index is -0.531. The van der Waals surface area contributed by atoms with Crippen LogP contribution < -0.4 is 9.80 Å². The SMILES string of the molecule is O=C1c2ccccc2C(=O)N1OCc1c(-c2ccccc2)ncn1Cc1cc(O)cc(-c2cccc(N3CCN(c4cccc(O)c4)C(CON4C(=O)c5ccccc5C4=O)C3)c2)c1. The normalized spacial score (nSPS) is 15.9. The van der Waals surface area contributed by atoms with Gasteiger partial charge in [-0.15, -0.1) is 10.1 Å². The first-order chi connectivity index (χ1) is 31.2. The number of rotatable bonds is 12. The summed E-state index contributed by atoms with van der Waals surface area (Å²) in [5.74, 6) is -1.89. The predicted molar refractivity (Wildman–Crippen MR) is 236 cm³/mol. The van der Waals surface area contributed by atoms with Crippen LogP contribution in [0.3, 0.4) is 0 Å². The standard InChI is InChI=1S/C50H40N6O8/c57-39-15-9-14-37(26-39)54-21-20-52(28-38(54)29-63-55-47(59)41-16-4-5-17-42(41)48(55)60)36-13-8-12-34(24-36)35-22-32(23-40(58)25-35)27-53-31-51-46(33-10-2-1-3-11-33)45(53)30-64-56-49(61)43-18-6-7-19-44(43)50(56)62/h1-19,22-26,31,38,57-58H,20-21,27-30H2. The van der Waals surface area contributed by atoms with E-state index in [0.29, 0.717) is 42.1 Å². The molecule has 1 saturated heterocycles. The fraction of sp³-hybridized carbons (Fsp3) is 0.140. The number of benzene rings is 6. The summed E-state index contributed by atoms with van der Waals surface area (Å²) in [5, 5.41) is 23.1. The maximum atomic E-state index is 13.2. The number of anilines is 2. The molecule has 1 aromatic heterocycles. The maximum absolute atomic E-state index is 13.2. The lowest BCUT2D eigenvalue weighted by Crippen LogP contribution is -2.56. The van der Waals surface area contributed by atoms with Gasteiger partial charge in [0.25, 0.3) is 23.6 Å². The van der Waals surface area contributed by atoms with Gasteiger partial charge >= 0.3 is 0 Å². The van der Waals surface area contributed by atoms with Crippen molar-refractivity contribution in [3.8, 4) is 33.9 Å². The Balaban J connectivity index is 0.897. The van der Waals surface area contributed by atoms with Gasteiger partial charge in [-0.1, -0.05) is 72.8 Å². The Bertz CT molecular complexity index is 2900. The molecule has 1 unspecified atom stereocenters. The Morgan fingerprint density at radius 3 is 1.84 bits per heavy atom. The second-order valence-electron chi connectivity index (χ2n) is 15.8. The van der Waals surface area contributed by atoms with E-state index in [4.69, 9.17) is 14.7 Å². The van der Waals surface area contributed by atoms with E-state index in [1.807, 2.05) is 65.2 Å². The van der Waals surface area contributed by atoms with Gasteiger partial charge in [0, 0.05) is 49.2 Å². The van der Waals surface area contributed by atoms with E-state index in [1.165, 1.54) is 0 Å². The summed E-state index contributed by atoms with van der Waals surface area (Å²) >= 11 is 0. The minimum absolute atomic E-state index is 0.0127. The molecule has 64 heavy (non-hydrogen) atoms. The molecule has 2 N–H and O–H groups in total. The number of fused-ring (bicyclic) bond motifs is 2. The largest absolute Gasteiger partial charge is 0.508 e. The number of carbonyl (C=O) groups excluding carboxylic acids is 4. The van der Waals surface area contributed by atoms with Crippen molar-refractivity contribution in [1.82, 2.24) is 19.7 Å². The molecule has 6 aromatic carbocycles. The van der Waals surface area contributed by atoms with Crippen LogP contribution in [0.25, 0.3) is 22.4 Å². The molecule has 0 spiro atoms. The van der Waals surface area contributed by atoms with Crippen LogP contribution in [0.1, 0.15) is 52.7 Å². The predicted octanol–water partition coefficient (Wildman–Crippen LogP) is 7.33. The summed E-state index contributed by atoms with van der Waals surface area (Å²) in [7, 11) is 0. The molecule has 4 amide bonds. The number of imidazole rings is 1. The van der Waals surface area contributed by atoms with Crippen LogP contribution in [-0.4, -0.2) is 85.8 Å². The van der Waals surface area contributed by atoms with Crippen LogP contribution >= 0.6 is 0 Å². The fourth-order valence-electron chi connectivity index (χ4n) is 8.64. The number of hydroxylamine groups is 4. The van der Waals surface area contributed by atoms with Crippen molar-refractivity contribution in [3.63, 3.8) is 0 Å². The Morgan fingerprint density at radius 2 is 1.17 bits per heavy atom. The Kier molecular flexibility index (Phi) is 10.4. The van der Waals surface area contributed by atoms with Gasteiger partial charge in [-0.3, -0.25) is 28.9 Å². The highest BCUT2D eigenvalue weighted by Crippen LogP contribution is 2.34. The topological polar surface area (TPSA) is 158 Å². The van der Waals surface area contributed by atoms with Gasteiger partial charge in [-0.05, 0) is 83.4 Å². The van der Waals surface area contributed by atoms with Crippen LogP contribution in [-0.2, 0) is 22.8 Å². The number of phenols is 2. The molecule has 0 aliphatic carbocycles. The summed E-state index contributed by atoms with van der Waals surface area (Å²) in [4.78, 5) is 73.7. The number of imide groups is 2. The minimum Gasteiger partial charge on any atom is -0.508 e. The number of piperazine rings is 1. The highest BCUT2D eigenvalue weighted by Gasteiger charge is 2.39. The number of aromatic hydroxyl groups is 2. The van der Waals surface area contributed by atoms with Crippen LogP contribution in [0.2, 0.25) is 0 Å². The molecule has 10 rings (SSSR count). The summed E-state index contributed by atoms with van der Waals surface area (Å²) in [6.07, 6.45) is 1.68. The van der Waals surface area contributed by atoms with Crippen molar-refractivity contribution in [1.29, 1.82) is 0 Å². The van der Waals surface area contributed by atoms with E-state index in [-0.39, 0.29) is 48.4 Å². The number of phenolic OH excluding ortho intramolecular Hbond substituents is 2. The van der Waals surface area contributed by atoms with Crippen LogP contribution in [0, 0.1) is 0 Å². The summed E-state index contributed by atoms with van der Waals surface area (Å²) in [5.41, 5.74) is 7.33. The van der Waals surface area contributed by atoms with E-state index in [1.54, 1.807) is 85.2 Å². The molecule has 3 aliphatic heterocycles. The lowest BCUT2D eigenvalue weighted by Gasteiger charge is -2.43. The molecular formula is C50H40N6O8. The van der Waals surface area contributed by atoms with E-state index in [2.05, 4.69) is 15.9 Å². The number of carbonyl (C=O) groups is 4. The van der Waals surface area contributed by atoms with Crippen molar-refractivity contribution in [3.05, 3.63) is 185 Å². The summed E-state index contributed by atoms with van der Waals surface area (Å²) < 4.78 is 1.88. The van der Waals surface area contributed by atoms with Gasteiger partial charge in [0.2, 0.25) is 0 Å². The van der Waals surface area contributed by atoms with Gasteiger partial charge in [0.15, 0.2) is 0 Å². The molecule has 7 aromatic rings. The van der Waals surface area contributed by atoms with E-state index >= 15 is 0 Å². The molecular weight excluding hydrogens is 813 g/mol. The van der Waals surface area contributed by atoms with E-state index in [0.717, 1.165) is 43.8 Å². The third kappa shape index (κ3) is 7.50. The Labute approximate surface area is 367 Å². The zero-order valence-corrected chi connectivity index (χ0v) is 34.3. The molecule has 318 valence electrons. The molecule has 0 bridgehead atoms. The van der Waals surface area contributed by atoms with Gasteiger partial charge in [-0.2, -0.15) is 0 Å². The van der Waals surface area contributed by atoms with Gasteiger partial charge in [0.1, 0.15) is 18.1 Å². The number of nitrogens with zero attached hydrogens (tertiary/aromatic N) is 6. The number of hydrogen-bond acceptors (Lipinski definition) is 11. The third-order valence-corrected chi connectivity index (χ3v) is 11.8. The maximum Gasteiger partial charge on any atom is 0.285 e.